The summed E-state index contributed by atoms with van der Waals surface area (Å²) in [6.45, 7) is 13.6. The van der Waals surface area contributed by atoms with E-state index in [9.17, 15) is 24.3 Å². The average Bonchev–Trinajstić information content (AvgIpc) is 2.90. The molecule has 1 heterocycles. The molecule has 224 valence electrons. The van der Waals surface area contributed by atoms with Gasteiger partial charge in [-0.15, -0.1) is 0 Å². The fourth-order valence-electron chi connectivity index (χ4n) is 4.88. The van der Waals surface area contributed by atoms with Crippen molar-refractivity contribution in [1.82, 2.24) is 10.6 Å². The summed E-state index contributed by atoms with van der Waals surface area (Å²) in [6, 6.07) is 0. The number of rotatable bonds is 5. The van der Waals surface area contributed by atoms with E-state index in [0.29, 0.717) is 24.1 Å². The summed E-state index contributed by atoms with van der Waals surface area (Å²) in [5.41, 5.74) is 7.16. The lowest BCUT2D eigenvalue weighted by molar-refractivity contribution is -0.120. The minimum Gasteiger partial charge on any atom is -0.439 e. The third-order valence-corrected chi connectivity index (χ3v) is 7.09. The quantitative estimate of drug-likeness (QED) is 0.290. The largest absolute Gasteiger partial charge is 0.439 e. The Kier molecular flexibility index (Phi) is 12.5. The second kappa shape index (κ2) is 15.3. The number of carbonyl (C=O) groups is 4. The van der Waals surface area contributed by atoms with E-state index in [1.807, 2.05) is 20.8 Å². The highest BCUT2D eigenvalue weighted by molar-refractivity contribution is 6.23. The van der Waals surface area contributed by atoms with E-state index in [1.54, 1.807) is 32.1 Å². The molecule has 2 amide bonds. The van der Waals surface area contributed by atoms with E-state index < -0.39 is 41.9 Å². The Morgan fingerprint density at radius 2 is 1.93 bits per heavy atom. The van der Waals surface area contributed by atoms with Gasteiger partial charge in [-0.3, -0.25) is 14.4 Å². The van der Waals surface area contributed by atoms with Crippen LogP contribution in [0, 0.1) is 11.8 Å². The minimum absolute atomic E-state index is 0.103. The number of ether oxygens (including phenoxy) is 2. The molecule has 0 saturated heterocycles. The van der Waals surface area contributed by atoms with Gasteiger partial charge in [0, 0.05) is 36.8 Å². The van der Waals surface area contributed by atoms with Gasteiger partial charge in [0.1, 0.15) is 6.10 Å². The molecule has 0 aromatic carbocycles. The lowest BCUT2D eigenvalue weighted by Crippen LogP contribution is -2.36. The molecule has 2 aliphatic rings. The van der Waals surface area contributed by atoms with E-state index >= 15 is 0 Å². The van der Waals surface area contributed by atoms with Crippen LogP contribution < -0.4 is 16.4 Å². The maximum Gasteiger partial charge on any atom is 0.405 e. The number of primary amides is 1. The summed E-state index contributed by atoms with van der Waals surface area (Å²) in [5, 5.41) is 16.7. The van der Waals surface area contributed by atoms with Crippen molar-refractivity contribution in [2.24, 2.45) is 17.6 Å². The Hall–Kier alpha value is -3.76. The number of hydrogen-bond donors (Lipinski definition) is 4. The molecular formula is C31H43N3O7. The lowest BCUT2D eigenvalue weighted by Gasteiger charge is -2.28. The van der Waals surface area contributed by atoms with Crippen LogP contribution in [0.5, 0.6) is 0 Å². The van der Waals surface area contributed by atoms with Gasteiger partial charge in [-0.25, -0.2) is 4.79 Å². The zero-order chi connectivity index (χ0) is 30.9. The third-order valence-electron chi connectivity index (χ3n) is 7.09. The van der Waals surface area contributed by atoms with E-state index in [-0.39, 0.29) is 40.8 Å². The van der Waals surface area contributed by atoms with E-state index in [4.69, 9.17) is 15.2 Å². The molecular weight excluding hydrogens is 526 g/mol. The number of aliphatic hydroxyl groups excluding tert-OH is 1. The molecule has 10 nitrogen and oxygen atoms in total. The summed E-state index contributed by atoms with van der Waals surface area (Å²) in [4.78, 5) is 51.1. The standard InChI is InChI=1S/C31H43N3O7/c1-8-12-33-26-22-14-17(2)13-19(4)27(36)20(5)15-21(6)29(41-31(32)39)25(40-7)11-9-10-18(3)30(38)34-23(28(22)37)16-24(26)35/h9-11,15-16,19-20,25,27,29,33,36H,2,8,12-14H2,1,3-7H3,(H2,32,39)(H,34,38)/b11-9-,18-10+,21-15+/t19-,20-,25-,27+,29-/m0/s1. The number of amides is 2. The van der Waals surface area contributed by atoms with Crippen LogP contribution in [0.2, 0.25) is 0 Å². The summed E-state index contributed by atoms with van der Waals surface area (Å²) in [5.74, 6) is -2.05. The third kappa shape index (κ3) is 9.12. The maximum absolute atomic E-state index is 13.5. The van der Waals surface area contributed by atoms with Gasteiger partial charge >= 0.3 is 6.09 Å². The minimum atomic E-state index is -0.985. The zero-order valence-electron chi connectivity index (χ0n) is 24.8. The van der Waals surface area contributed by atoms with Gasteiger partial charge < -0.3 is 30.9 Å². The number of allylic oxidation sites excluding steroid dienone is 5. The molecule has 1 aliphatic carbocycles. The van der Waals surface area contributed by atoms with E-state index in [2.05, 4.69) is 17.2 Å². The number of methoxy groups -OCH3 is 1. The lowest BCUT2D eigenvalue weighted by atomic mass is 9.84. The average molecular weight is 570 g/mol. The van der Waals surface area contributed by atoms with Gasteiger partial charge in [0.05, 0.1) is 17.5 Å². The van der Waals surface area contributed by atoms with Gasteiger partial charge in [-0.05, 0) is 44.6 Å². The van der Waals surface area contributed by atoms with Crippen molar-refractivity contribution in [3.05, 3.63) is 70.6 Å². The van der Waals surface area contributed by atoms with Gasteiger partial charge in [0.25, 0.3) is 5.91 Å². The molecule has 0 radical (unpaired) electrons. The first-order valence-electron chi connectivity index (χ1n) is 13.8. The monoisotopic (exact) mass is 569 g/mol. The van der Waals surface area contributed by atoms with Crippen molar-refractivity contribution >= 4 is 23.6 Å². The van der Waals surface area contributed by atoms with Crippen LogP contribution in [0.15, 0.2) is 70.6 Å². The van der Waals surface area contributed by atoms with Crippen molar-refractivity contribution in [2.45, 2.75) is 72.2 Å². The van der Waals surface area contributed by atoms with E-state index in [1.165, 1.54) is 13.2 Å². The highest BCUT2D eigenvalue weighted by Gasteiger charge is 2.31. The highest BCUT2D eigenvalue weighted by Crippen LogP contribution is 2.29. The first-order chi connectivity index (χ1) is 19.3. The van der Waals surface area contributed by atoms with E-state index in [0.717, 1.165) is 12.5 Å². The molecule has 0 fully saturated rings. The predicted octanol–water partition coefficient (Wildman–Crippen LogP) is 3.30. The molecule has 5 atom stereocenters. The number of Topliss-reactive ketones (excluding diaryl/α,β-unsaturated/α-hetero) is 1. The fourth-order valence-corrected chi connectivity index (χ4v) is 4.88. The molecule has 5 N–H and O–H groups in total. The molecule has 10 heteroatoms. The van der Waals surface area contributed by atoms with Crippen molar-refractivity contribution in [3.8, 4) is 0 Å². The molecule has 0 unspecified atom stereocenters. The van der Waals surface area contributed by atoms with Crippen molar-refractivity contribution in [1.29, 1.82) is 0 Å². The number of nitrogens with two attached hydrogens (primary N) is 1. The van der Waals surface area contributed by atoms with Crippen LogP contribution in [-0.4, -0.2) is 60.6 Å². The molecule has 0 spiro atoms. The van der Waals surface area contributed by atoms with Crippen molar-refractivity contribution in [3.63, 3.8) is 0 Å². The fraction of sp³-hybridized carbons (Fsp3) is 0.484. The molecule has 41 heavy (non-hydrogen) atoms. The van der Waals surface area contributed by atoms with Crippen LogP contribution in [0.4, 0.5) is 4.79 Å². The summed E-state index contributed by atoms with van der Waals surface area (Å²) >= 11 is 0. The Morgan fingerprint density at radius 3 is 2.54 bits per heavy atom. The summed E-state index contributed by atoms with van der Waals surface area (Å²) < 4.78 is 10.9. The van der Waals surface area contributed by atoms with Crippen LogP contribution in [-0.2, 0) is 23.9 Å². The maximum atomic E-state index is 13.5. The molecule has 0 saturated carbocycles. The Bertz CT molecular complexity index is 1210. The van der Waals surface area contributed by atoms with Gasteiger partial charge in [0.2, 0.25) is 11.6 Å². The molecule has 2 bridgehead atoms. The number of carbonyl (C=O) groups excluding carboxylic acids is 4. The first kappa shape index (κ1) is 33.4. The second-order valence-corrected chi connectivity index (χ2v) is 10.6. The highest BCUT2D eigenvalue weighted by atomic mass is 16.6. The van der Waals surface area contributed by atoms with Crippen LogP contribution in [0.25, 0.3) is 0 Å². The van der Waals surface area contributed by atoms with Gasteiger partial charge in [0.15, 0.2) is 6.10 Å². The SMILES string of the molecule is C=C1CC2=C(NCCC)C(=O)C=C(NC(=O)/C(C)=C/C=C\[C@H](OC)[C@@H](OC(N)=O)/C(C)=C/[C@H](C)[C@H](O)[C@@H](C)C1)C2=O. The number of nitrogens with one attached hydrogen (secondary N) is 2. The molecule has 2 rings (SSSR count). The number of fused-ring (bicyclic) bond motifs is 2. The molecule has 0 aromatic heterocycles. The van der Waals surface area contributed by atoms with Crippen LogP contribution in [0.1, 0.15) is 53.9 Å². The van der Waals surface area contributed by atoms with Crippen LogP contribution >= 0.6 is 0 Å². The van der Waals surface area contributed by atoms with Crippen LogP contribution in [0.3, 0.4) is 0 Å². The Labute approximate surface area is 242 Å². The molecule has 1 aliphatic heterocycles. The second-order valence-electron chi connectivity index (χ2n) is 10.6. The topological polar surface area (TPSA) is 157 Å². The number of aliphatic hydroxyl groups is 1. The normalized spacial score (nSPS) is 30.4. The molecule has 0 aromatic rings. The van der Waals surface area contributed by atoms with Crippen molar-refractivity contribution < 1.29 is 33.8 Å². The van der Waals surface area contributed by atoms with Gasteiger partial charge in [-0.2, -0.15) is 0 Å². The summed E-state index contributed by atoms with van der Waals surface area (Å²) in [6.07, 6.45) is 5.40. The smallest absolute Gasteiger partial charge is 0.405 e. The Morgan fingerprint density at radius 1 is 1.24 bits per heavy atom. The summed E-state index contributed by atoms with van der Waals surface area (Å²) in [7, 11) is 1.44. The van der Waals surface area contributed by atoms with Crippen molar-refractivity contribution in [2.75, 3.05) is 13.7 Å². The number of hydrogen-bond acceptors (Lipinski definition) is 8. The van der Waals surface area contributed by atoms with Gasteiger partial charge in [-0.1, -0.05) is 57.2 Å². The first-order valence-corrected chi connectivity index (χ1v) is 13.8. The number of ketones is 2. The zero-order valence-corrected chi connectivity index (χ0v) is 24.8. The predicted molar refractivity (Wildman–Crippen MR) is 156 cm³/mol. The Balaban J connectivity index is 2.59.